The molecule has 0 saturated heterocycles. The number of nitrogens with zero attached hydrogens (tertiary/aromatic N) is 3. The molecule has 138 valence electrons. The molecule has 27 heavy (non-hydrogen) atoms. The molecule has 0 amide bonds. The van der Waals surface area contributed by atoms with Crippen LogP contribution in [-0.2, 0) is 6.54 Å². The standard InChI is InChI=1S/C21H19FN4.HI/c1-3-25-13-24-21-19(20(25)23)18(15-6-4-14(2)5-7-15)12-26(21)17-10-8-16(22)9-11-17;/h4-13,23H,3H2,1-2H3;1H. The highest BCUT2D eigenvalue weighted by Gasteiger charge is 2.21. The summed E-state index contributed by atoms with van der Waals surface area (Å²) in [5.74, 6) is 0.411. The van der Waals surface area contributed by atoms with Gasteiger partial charge < -0.3 is 29.7 Å². The Bertz CT molecular complexity index is 1090. The Morgan fingerprint density at radius 2 is 1.74 bits per heavy atom. The van der Waals surface area contributed by atoms with Crippen LogP contribution in [-0.4, -0.2) is 9.55 Å². The van der Waals surface area contributed by atoms with Gasteiger partial charge in [0.25, 0.3) is 0 Å². The number of nitrogens with two attached hydrogens (primary N) is 1. The van der Waals surface area contributed by atoms with Crippen molar-refractivity contribution in [2.45, 2.75) is 20.4 Å². The molecular formula is C21H20FIN4. The molecule has 0 aliphatic rings. The van der Waals surface area contributed by atoms with Crippen molar-refractivity contribution in [2.75, 3.05) is 5.73 Å². The van der Waals surface area contributed by atoms with Crippen LogP contribution in [0.25, 0.3) is 27.8 Å². The molecule has 6 heteroatoms. The van der Waals surface area contributed by atoms with Gasteiger partial charge in [0.1, 0.15) is 11.2 Å². The van der Waals surface area contributed by atoms with E-state index in [1.165, 1.54) is 17.7 Å². The molecule has 0 atom stereocenters. The zero-order valence-corrected chi connectivity index (χ0v) is 17.3. The van der Waals surface area contributed by atoms with E-state index in [4.69, 9.17) is 5.73 Å². The first-order chi connectivity index (χ1) is 12.6. The predicted molar refractivity (Wildman–Crippen MR) is 101 cm³/mol. The zero-order valence-electron chi connectivity index (χ0n) is 15.2. The highest BCUT2D eigenvalue weighted by molar-refractivity contribution is 6.00. The van der Waals surface area contributed by atoms with Gasteiger partial charge in [-0.1, -0.05) is 34.8 Å². The number of hydrogen-bond donors (Lipinski definition) is 1. The molecule has 4 aromatic rings. The van der Waals surface area contributed by atoms with E-state index >= 15 is 0 Å². The maximum Gasteiger partial charge on any atom is 0.232 e. The minimum Gasteiger partial charge on any atom is -1.00 e. The van der Waals surface area contributed by atoms with E-state index in [2.05, 4.69) is 36.2 Å². The van der Waals surface area contributed by atoms with Crippen molar-refractivity contribution in [1.29, 1.82) is 0 Å². The number of nitrogen functional groups attached to an aromatic ring is 1. The summed E-state index contributed by atoms with van der Waals surface area (Å²) in [5.41, 5.74) is 11.3. The van der Waals surface area contributed by atoms with E-state index in [0.717, 1.165) is 34.4 Å². The number of aryl methyl sites for hydroxylation is 2. The van der Waals surface area contributed by atoms with Crippen LogP contribution in [0.2, 0.25) is 0 Å². The smallest absolute Gasteiger partial charge is 0.232 e. The summed E-state index contributed by atoms with van der Waals surface area (Å²) in [5, 5.41) is 0.905. The summed E-state index contributed by atoms with van der Waals surface area (Å²) < 4.78 is 17.2. The lowest BCUT2D eigenvalue weighted by molar-refractivity contribution is -0.681. The SMILES string of the molecule is CC[n+]1cnc2c(c(-c3ccc(C)cc3)cn2-c2ccc(F)cc2)c1N.[I-]. The van der Waals surface area contributed by atoms with Gasteiger partial charge in [0.2, 0.25) is 17.8 Å². The molecule has 2 heterocycles. The molecule has 0 aliphatic carbocycles. The maximum absolute atomic E-state index is 13.3. The number of hydrogen-bond acceptors (Lipinski definition) is 2. The lowest BCUT2D eigenvalue weighted by Gasteiger charge is -2.04. The van der Waals surface area contributed by atoms with E-state index < -0.39 is 0 Å². The molecule has 2 aromatic heterocycles. The van der Waals surface area contributed by atoms with Crippen molar-refractivity contribution in [1.82, 2.24) is 9.55 Å². The van der Waals surface area contributed by atoms with Crippen LogP contribution in [0, 0.1) is 12.7 Å². The van der Waals surface area contributed by atoms with Crippen LogP contribution >= 0.6 is 0 Å². The van der Waals surface area contributed by atoms with Crippen molar-refractivity contribution in [2.24, 2.45) is 0 Å². The molecule has 0 bridgehead atoms. The topological polar surface area (TPSA) is 47.7 Å². The summed E-state index contributed by atoms with van der Waals surface area (Å²) in [4.78, 5) is 4.63. The van der Waals surface area contributed by atoms with Crippen LogP contribution in [0.1, 0.15) is 12.5 Å². The maximum atomic E-state index is 13.3. The molecular weight excluding hydrogens is 454 g/mol. The van der Waals surface area contributed by atoms with Crippen LogP contribution in [0.15, 0.2) is 61.1 Å². The minimum absolute atomic E-state index is 0. The fourth-order valence-electron chi connectivity index (χ4n) is 3.21. The summed E-state index contributed by atoms with van der Waals surface area (Å²) in [6, 6.07) is 14.7. The number of halogens is 2. The van der Waals surface area contributed by atoms with Gasteiger partial charge in [0.05, 0.1) is 6.54 Å². The van der Waals surface area contributed by atoms with Gasteiger partial charge in [0.15, 0.2) is 0 Å². The highest BCUT2D eigenvalue weighted by atomic mass is 127. The van der Waals surface area contributed by atoms with Gasteiger partial charge in [-0.3, -0.25) is 4.57 Å². The van der Waals surface area contributed by atoms with Crippen LogP contribution in [0.3, 0.4) is 0 Å². The van der Waals surface area contributed by atoms with Gasteiger partial charge in [-0.15, -0.1) is 0 Å². The first kappa shape index (κ1) is 19.3. The first-order valence-corrected chi connectivity index (χ1v) is 8.60. The van der Waals surface area contributed by atoms with Crippen LogP contribution in [0.4, 0.5) is 10.2 Å². The monoisotopic (exact) mass is 474 g/mol. The minimum atomic E-state index is -0.264. The van der Waals surface area contributed by atoms with Gasteiger partial charge in [-0.25, -0.2) is 8.96 Å². The number of benzene rings is 2. The number of rotatable bonds is 3. The number of fused-ring (bicyclic) bond motifs is 1. The fourth-order valence-corrected chi connectivity index (χ4v) is 3.21. The van der Waals surface area contributed by atoms with Gasteiger partial charge in [0, 0.05) is 17.4 Å². The Labute approximate surface area is 174 Å². The van der Waals surface area contributed by atoms with E-state index in [1.54, 1.807) is 18.5 Å². The van der Waals surface area contributed by atoms with Crippen LogP contribution < -0.4 is 34.3 Å². The van der Waals surface area contributed by atoms with E-state index in [-0.39, 0.29) is 29.8 Å². The molecule has 0 saturated carbocycles. The average molecular weight is 474 g/mol. The molecule has 0 fully saturated rings. The summed E-state index contributed by atoms with van der Waals surface area (Å²) >= 11 is 0. The molecule has 0 spiro atoms. The predicted octanol–water partition coefficient (Wildman–Crippen LogP) is 1.03. The quantitative estimate of drug-likeness (QED) is 0.357. The van der Waals surface area contributed by atoms with E-state index in [1.807, 2.05) is 22.3 Å². The zero-order chi connectivity index (χ0) is 18.3. The normalized spacial score (nSPS) is 10.8. The van der Waals surface area contributed by atoms with Gasteiger partial charge >= 0.3 is 0 Å². The fraction of sp³-hybridized carbons (Fsp3) is 0.143. The average Bonchev–Trinajstić information content (AvgIpc) is 3.04. The summed E-state index contributed by atoms with van der Waals surface area (Å²) in [6.45, 7) is 4.84. The Morgan fingerprint density at radius 3 is 2.37 bits per heavy atom. The second-order valence-electron chi connectivity index (χ2n) is 6.37. The highest BCUT2D eigenvalue weighted by Crippen LogP contribution is 2.34. The van der Waals surface area contributed by atoms with Gasteiger partial charge in [-0.2, -0.15) is 0 Å². The third-order valence-electron chi connectivity index (χ3n) is 4.67. The molecule has 0 unspecified atom stereocenters. The number of anilines is 1. The Hall–Kier alpha value is -2.48. The Kier molecular flexibility index (Phi) is 5.46. The van der Waals surface area contributed by atoms with Crippen molar-refractivity contribution in [3.8, 4) is 16.8 Å². The summed E-state index contributed by atoms with van der Waals surface area (Å²) in [7, 11) is 0. The van der Waals surface area contributed by atoms with Crippen molar-refractivity contribution in [3.63, 3.8) is 0 Å². The summed E-state index contributed by atoms with van der Waals surface area (Å²) in [6.07, 6.45) is 3.77. The Balaban J connectivity index is 0.00000210. The van der Waals surface area contributed by atoms with Crippen molar-refractivity contribution >= 4 is 16.9 Å². The second kappa shape index (κ2) is 7.64. The lowest BCUT2D eigenvalue weighted by atomic mass is 10.0. The Morgan fingerprint density at radius 1 is 1.07 bits per heavy atom. The van der Waals surface area contributed by atoms with Gasteiger partial charge in [-0.05, 0) is 43.7 Å². The molecule has 4 nitrogen and oxygen atoms in total. The molecule has 0 aliphatic heterocycles. The lowest BCUT2D eigenvalue weighted by Crippen LogP contribution is -3.00. The first-order valence-electron chi connectivity index (χ1n) is 8.60. The van der Waals surface area contributed by atoms with E-state index in [9.17, 15) is 4.39 Å². The third-order valence-corrected chi connectivity index (χ3v) is 4.67. The van der Waals surface area contributed by atoms with E-state index in [0.29, 0.717) is 5.82 Å². The molecule has 2 N–H and O–H groups in total. The number of aromatic nitrogens is 3. The van der Waals surface area contributed by atoms with Crippen molar-refractivity contribution < 1.29 is 32.9 Å². The van der Waals surface area contributed by atoms with Crippen LogP contribution in [0.5, 0.6) is 0 Å². The molecule has 4 rings (SSSR count). The third kappa shape index (κ3) is 3.41. The van der Waals surface area contributed by atoms with Crippen molar-refractivity contribution in [3.05, 3.63) is 72.4 Å². The molecule has 2 aromatic carbocycles. The largest absolute Gasteiger partial charge is 1.00 e. The molecule has 0 radical (unpaired) electrons. The second-order valence-corrected chi connectivity index (χ2v) is 6.37.